The van der Waals surface area contributed by atoms with E-state index in [0.717, 1.165) is 12.8 Å². The summed E-state index contributed by atoms with van der Waals surface area (Å²) in [6.07, 6.45) is 5.41. The summed E-state index contributed by atoms with van der Waals surface area (Å²) in [5.74, 6) is 0.243. The molecule has 1 aliphatic carbocycles. The van der Waals surface area contributed by atoms with E-state index in [1.54, 1.807) is 0 Å². The number of amides is 1. The van der Waals surface area contributed by atoms with Gasteiger partial charge in [-0.3, -0.25) is 4.79 Å². The highest BCUT2D eigenvalue weighted by Crippen LogP contribution is 2.26. The van der Waals surface area contributed by atoms with Crippen LogP contribution in [0.5, 0.6) is 0 Å². The number of carbonyl (C=O) groups is 1. The number of hydrogen-bond donors (Lipinski definition) is 2. The molecule has 122 valence electrons. The van der Waals surface area contributed by atoms with Gasteiger partial charge in [-0.25, -0.2) is 0 Å². The highest BCUT2D eigenvalue weighted by molar-refractivity contribution is 5.94. The summed E-state index contributed by atoms with van der Waals surface area (Å²) in [6.45, 7) is 6.82. The monoisotopic (exact) mass is 303 g/mol. The second kappa shape index (κ2) is 7.28. The van der Waals surface area contributed by atoms with Gasteiger partial charge in [0.15, 0.2) is 0 Å². The van der Waals surface area contributed by atoms with Crippen LogP contribution in [0.3, 0.4) is 0 Å². The minimum absolute atomic E-state index is 0.0895. The van der Waals surface area contributed by atoms with Crippen molar-refractivity contribution >= 4 is 5.91 Å². The van der Waals surface area contributed by atoms with E-state index in [2.05, 4.69) is 26.1 Å². The highest BCUT2D eigenvalue weighted by Gasteiger charge is 2.22. The summed E-state index contributed by atoms with van der Waals surface area (Å²) in [5.41, 5.74) is 1.96. The van der Waals surface area contributed by atoms with Crippen molar-refractivity contribution in [1.29, 1.82) is 0 Å². The summed E-state index contributed by atoms with van der Waals surface area (Å²) in [4.78, 5) is 12.2. The number of aliphatic hydroxyl groups is 1. The SMILES string of the molecule is CC(C)(C)c1ccc(C(=O)NCC(O)C2CCCCC2)cc1. The lowest BCUT2D eigenvalue weighted by Crippen LogP contribution is -2.37. The van der Waals surface area contributed by atoms with Crippen LogP contribution in [0.1, 0.15) is 68.8 Å². The first-order valence-electron chi connectivity index (χ1n) is 8.45. The summed E-state index contributed by atoms with van der Waals surface area (Å²) in [6, 6.07) is 7.74. The molecular formula is C19H29NO2. The minimum atomic E-state index is -0.418. The van der Waals surface area contributed by atoms with Crippen LogP contribution in [0.4, 0.5) is 0 Å². The molecule has 1 aliphatic rings. The van der Waals surface area contributed by atoms with Gasteiger partial charge in [0.05, 0.1) is 6.10 Å². The average Bonchev–Trinajstić information content (AvgIpc) is 2.52. The Kier molecular flexibility index (Phi) is 5.63. The molecule has 1 unspecified atom stereocenters. The molecule has 1 aromatic carbocycles. The van der Waals surface area contributed by atoms with Gasteiger partial charge in [-0.1, -0.05) is 52.2 Å². The Labute approximate surface area is 134 Å². The minimum Gasteiger partial charge on any atom is -0.391 e. The Morgan fingerprint density at radius 1 is 1.18 bits per heavy atom. The van der Waals surface area contributed by atoms with Gasteiger partial charge in [-0.05, 0) is 41.9 Å². The van der Waals surface area contributed by atoms with Crippen LogP contribution in [0, 0.1) is 5.92 Å². The zero-order valence-electron chi connectivity index (χ0n) is 14.1. The smallest absolute Gasteiger partial charge is 0.251 e. The van der Waals surface area contributed by atoms with Crippen molar-refractivity contribution in [3.8, 4) is 0 Å². The van der Waals surface area contributed by atoms with Gasteiger partial charge in [-0.15, -0.1) is 0 Å². The van der Waals surface area contributed by atoms with Crippen molar-refractivity contribution in [2.24, 2.45) is 5.92 Å². The fourth-order valence-corrected chi connectivity index (χ4v) is 3.11. The Hall–Kier alpha value is -1.35. The third kappa shape index (κ3) is 4.57. The van der Waals surface area contributed by atoms with Gasteiger partial charge in [-0.2, -0.15) is 0 Å². The normalized spacial score (nSPS) is 18.0. The fourth-order valence-electron chi connectivity index (χ4n) is 3.11. The summed E-state index contributed by atoms with van der Waals surface area (Å²) in [5, 5.41) is 13.1. The zero-order valence-corrected chi connectivity index (χ0v) is 14.1. The summed E-state index contributed by atoms with van der Waals surface area (Å²) in [7, 11) is 0. The van der Waals surface area contributed by atoms with Gasteiger partial charge in [0, 0.05) is 12.1 Å². The van der Waals surface area contributed by atoms with E-state index in [1.165, 1.54) is 24.8 Å². The first-order valence-corrected chi connectivity index (χ1v) is 8.45. The summed E-state index contributed by atoms with van der Waals surface area (Å²) >= 11 is 0. The van der Waals surface area contributed by atoms with E-state index < -0.39 is 6.10 Å². The quantitative estimate of drug-likeness (QED) is 0.892. The third-order valence-electron chi connectivity index (χ3n) is 4.68. The Bertz CT molecular complexity index is 481. The maximum atomic E-state index is 12.2. The van der Waals surface area contributed by atoms with Crippen molar-refractivity contribution in [3.05, 3.63) is 35.4 Å². The Morgan fingerprint density at radius 3 is 2.32 bits per heavy atom. The molecule has 0 saturated heterocycles. The number of benzene rings is 1. The predicted octanol–water partition coefficient (Wildman–Crippen LogP) is 3.66. The molecule has 0 aliphatic heterocycles. The van der Waals surface area contributed by atoms with Crippen molar-refractivity contribution in [2.75, 3.05) is 6.54 Å². The van der Waals surface area contributed by atoms with Crippen LogP contribution in [-0.2, 0) is 5.41 Å². The number of carbonyl (C=O) groups excluding carboxylic acids is 1. The van der Waals surface area contributed by atoms with Gasteiger partial charge in [0.1, 0.15) is 0 Å². The lowest BCUT2D eigenvalue weighted by atomic mass is 9.85. The lowest BCUT2D eigenvalue weighted by molar-refractivity contribution is 0.0738. The number of nitrogens with one attached hydrogen (secondary N) is 1. The van der Waals surface area contributed by atoms with Crippen molar-refractivity contribution in [2.45, 2.75) is 64.4 Å². The second-order valence-corrected chi connectivity index (χ2v) is 7.50. The first-order chi connectivity index (χ1) is 10.4. The van der Waals surface area contributed by atoms with E-state index in [4.69, 9.17) is 0 Å². The van der Waals surface area contributed by atoms with Gasteiger partial charge < -0.3 is 10.4 Å². The molecule has 2 N–H and O–H groups in total. The van der Waals surface area contributed by atoms with Gasteiger partial charge in [0.2, 0.25) is 0 Å². The molecular weight excluding hydrogens is 274 g/mol. The molecule has 0 aromatic heterocycles. The number of aliphatic hydroxyl groups excluding tert-OH is 1. The molecule has 1 aromatic rings. The lowest BCUT2D eigenvalue weighted by Gasteiger charge is -2.26. The molecule has 1 saturated carbocycles. The van der Waals surface area contributed by atoms with Crippen LogP contribution in [0.15, 0.2) is 24.3 Å². The standard InChI is InChI=1S/C19H29NO2/c1-19(2,3)16-11-9-15(10-12-16)18(22)20-13-17(21)14-7-5-4-6-8-14/h9-12,14,17,21H,4-8,13H2,1-3H3,(H,20,22). The van der Waals surface area contributed by atoms with Crippen molar-refractivity contribution in [1.82, 2.24) is 5.32 Å². The van der Waals surface area contributed by atoms with Crippen LogP contribution in [-0.4, -0.2) is 23.7 Å². The Balaban J connectivity index is 1.86. The van der Waals surface area contributed by atoms with Crippen molar-refractivity contribution in [3.63, 3.8) is 0 Å². The first kappa shape index (κ1) is 17.0. The van der Waals surface area contributed by atoms with Crippen LogP contribution in [0.25, 0.3) is 0 Å². The van der Waals surface area contributed by atoms with Crippen molar-refractivity contribution < 1.29 is 9.90 Å². The largest absolute Gasteiger partial charge is 0.391 e. The molecule has 0 bridgehead atoms. The van der Waals surface area contributed by atoms with E-state index in [9.17, 15) is 9.90 Å². The zero-order chi connectivity index (χ0) is 16.2. The fraction of sp³-hybridized carbons (Fsp3) is 0.632. The molecule has 0 radical (unpaired) electrons. The molecule has 22 heavy (non-hydrogen) atoms. The molecule has 1 amide bonds. The van der Waals surface area contributed by atoms with E-state index >= 15 is 0 Å². The Morgan fingerprint density at radius 2 is 1.77 bits per heavy atom. The van der Waals surface area contributed by atoms with Crippen LogP contribution < -0.4 is 5.32 Å². The molecule has 0 heterocycles. The van der Waals surface area contributed by atoms with Crippen LogP contribution >= 0.6 is 0 Å². The topological polar surface area (TPSA) is 49.3 Å². The molecule has 3 heteroatoms. The molecule has 1 atom stereocenters. The molecule has 3 nitrogen and oxygen atoms in total. The second-order valence-electron chi connectivity index (χ2n) is 7.50. The number of hydrogen-bond acceptors (Lipinski definition) is 2. The predicted molar refractivity (Wildman–Crippen MR) is 90.1 cm³/mol. The average molecular weight is 303 g/mol. The molecule has 1 fully saturated rings. The van der Waals surface area contributed by atoms with E-state index in [1.807, 2.05) is 24.3 Å². The van der Waals surface area contributed by atoms with Gasteiger partial charge in [0.25, 0.3) is 5.91 Å². The number of rotatable bonds is 4. The molecule has 2 rings (SSSR count). The maximum absolute atomic E-state index is 12.2. The molecule has 0 spiro atoms. The maximum Gasteiger partial charge on any atom is 0.251 e. The highest BCUT2D eigenvalue weighted by atomic mass is 16.3. The van der Waals surface area contributed by atoms with E-state index in [-0.39, 0.29) is 11.3 Å². The van der Waals surface area contributed by atoms with E-state index in [0.29, 0.717) is 18.0 Å². The third-order valence-corrected chi connectivity index (χ3v) is 4.68. The van der Waals surface area contributed by atoms with Gasteiger partial charge >= 0.3 is 0 Å². The summed E-state index contributed by atoms with van der Waals surface area (Å²) < 4.78 is 0. The van der Waals surface area contributed by atoms with Crippen LogP contribution in [0.2, 0.25) is 0 Å².